The molecule has 1 amide bonds. The van der Waals surface area contributed by atoms with Gasteiger partial charge >= 0.3 is 5.97 Å². The van der Waals surface area contributed by atoms with Crippen LogP contribution in [0.2, 0.25) is 0 Å². The van der Waals surface area contributed by atoms with Crippen LogP contribution in [-0.4, -0.2) is 23.0 Å². The Morgan fingerprint density at radius 1 is 0.929 bits per heavy atom. The van der Waals surface area contributed by atoms with Crippen LogP contribution >= 0.6 is 15.9 Å². The molecule has 6 heteroatoms. The molecule has 1 atom stereocenters. The number of carboxylic acid groups (broad SMARTS) is 1. The number of para-hydroxylation sites is 1. The number of carboxylic acids is 1. The minimum atomic E-state index is -1.09. The Labute approximate surface area is 171 Å². The lowest BCUT2D eigenvalue weighted by Gasteiger charge is -2.15. The van der Waals surface area contributed by atoms with Crippen LogP contribution in [0.15, 0.2) is 83.3 Å². The molecule has 0 heterocycles. The molecular weight excluding hydrogens is 422 g/mol. The second kappa shape index (κ2) is 9.19. The summed E-state index contributed by atoms with van der Waals surface area (Å²) >= 11 is 3.43. The van der Waals surface area contributed by atoms with Crippen LogP contribution in [0.3, 0.4) is 0 Å². The molecule has 0 unspecified atom stereocenters. The van der Waals surface area contributed by atoms with Crippen molar-refractivity contribution in [2.24, 2.45) is 0 Å². The molecule has 5 nitrogen and oxygen atoms in total. The molecule has 0 aromatic heterocycles. The molecule has 28 heavy (non-hydrogen) atoms. The second-order valence-electron chi connectivity index (χ2n) is 6.11. The number of amides is 1. The molecule has 0 fully saturated rings. The molecule has 0 saturated heterocycles. The van der Waals surface area contributed by atoms with Crippen molar-refractivity contribution in [1.29, 1.82) is 0 Å². The van der Waals surface area contributed by atoms with Crippen molar-refractivity contribution in [3.63, 3.8) is 0 Å². The van der Waals surface area contributed by atoms with Crippen molar-refractivity contribution < 1.29 is 19.4 Å². The number of halogens is 1. The zero-order chi connectivity index (χ0) is 19.9. The Kier molecular flexibility index (Phi) is 6.45. The van der Waals surface area contributed by atoms with Gasteiger partial charge in [0.05, 0.1) is 4.47 Å². The third kappa shape index (κ3) is 5.20. The van der Waals surface area contributed by atoms with E-state index in [0.717, 1.165) is 10.0 Å². The quantitative estimate of drug-likeness (QED) is 0.560. The number of hydrogen-bond donors (Lipinski definition) is 2. The summed E-state index contributed by atoms with van der Waals surface area (Å²) in [6.45, 7) is 0. The van der Waals surface area contributed by atoms with E-state index in [-0.39, 0.29) is 6.42 Å². The van der Waals surface area contributed by atoms with Gasteiger partial charge in [0.25, 0.3) is 5.91 Å². The second-order valence-corrected chi connectivity index (χ2v) is 6.97. The van der Waals surface area contributed by atoms with E-state index in [1.54, 1.807) is 54.6 Å². The fraction of sp³-hybridized carbons (Fsp3) is 0.0909. The van der Waals surface area contributed by atoms with Gasteiger partial charge in [-0.05, 0) is 57.9 Å². The van der Waals surface area contributed by atoms with Gasteiger partial charge in [-0.1, -0.05) is 42.5 Å². The van der Waals surface area contributed by atoms with Gasteiger partial charge in [-0.25, -0.2) is 4.79 Å². The van der Waals surface area contributed by atoms with Gasteiger partial charge in [0.15, 0.2) is 0 Å². The number of carbonyl (C=O) groups is 2. The van der Waals surface area contributed by atoms with Crippen molar-refractivity contribution in [3.8, 4) is 11.5 Å². The molecule has 0 radical (unpaired) electrons. The fourth-order valence-corrected chi connectivity index (χ4v) is 2.98. The van der Waals surface area contributed by atoms with Crippen LogP contribution in [0.5, 0.6) is 11.5 Å². The smallest absolute Gasteiger partial charge is 0.326 e. The molecule has 3 rings (SSSR count). The molecule has 142 valence electrons. The first-order chi connectivity index (χ1) is 13.5. The molecule has 0 aliphatic carbocycles. The first kappa shape index (κ1) is 19.6. The Morgan fingerprint density at radius 3 is 2.21 bits per heavy atom. The van der Waals surface area contributed by atoms with Crippen LogP contribution in [0.4, 0.5) is 0 Å². The van der Waals surface area contributed by atoms with Crippen LogP contribution in [-0.2, 0) is 11.2 Å². The number of ether oxygens (including phenoxy) is 1. The van der Waals surface area contributed by atoms with Crippen LogP contribution in [0.25, 0.3) is 0 Å². The van der Waals surface area contributed by atoms with Crippen molar-refractivity contribution >= 4 is 27.8 Å². The number of rotatable bonds is 7. The highest BCUT2D eigenvalue weighted by Gasteiger charge is 2.21. The highest BCUT2D eigenvalue weighted by Crippen LogP contribution is 2.29. The van der Waals surface area contributed by atoms with Gasteiger partial charge in [-0.2, -0.15) is 0 Å². The van der Waals surface area contributed by atoms with Gasteiger partial charge in [-0.3, -0.25) is 4.79 Å². The topological polar surface area (TPSA) is 75.6 Å². The zero-order valence-corrected chi connectivity index (χ0v) is 16.4. The molecule has 0 bridgehead atoms. The number of aliphatic carboxylic acids is 1. The summed E-state index contributed by atoms with van der Waals surface area (Å²) in [6.07, 6.45) is 0.170. The van der Waals surface area contributed by atoms with Crippen molar-refractivity contribution in [2.45, 2.75) is 12.5 Å². The zero-order valence-electron chi connectivity index (χ0n) is 14.8. The number of nitrogens with one attached hydrogen (secondary N) is 1. The summed E-state index contributed by atoms with van der Waals surface area (Å²) in [7, 11) is 0. The van der Waals surface area contributed by atoms with Gasteiger partial charge in [-0.15, -0.1) is 0 Å². The fourth-order valence-electron chi connectivity index (χ4n) is 2.61. The highest BCUT2D eigenvalue weighted by atomic mass is 79.9. The lowest BCUT2D eigenvalue weighted by molar-refractivity contribution is -0.139. The Balaban J connectivity index is 1.66. The molecule has 0 saturated carbocycles. The summed E-state index contributed by atoms with van der Waals surface area (Å²) in [5, 5.41) is 12.0. The first-order valence-corrected chi connectivity index (χ1v) is 9.42. The highest BCUT2D eigenvalue weighted by molar-refractivity contribution is 9.10. The maximum Gasteiger partial charge on any atom is 0.326 e. The van der Waals surface area contributed by atoms with Gasteiger partial charge in [0.2, 0.25) is 0 Å². The van der Waals surface area contributed by atoms with Gasteiger partial charge in [0, 0.05) is 12.0 Å². The van der Waals surface area contributed by atoms with E-state index in [0.29, 0.717) is 17.1 Å². The van der Waals surface area contributed by atoms with Crippen LogP contribution in [0, 0.1) is 0 Å². The minimum Gasteiger partial charge on any atom is -0.480 e. The van der Waals surface area contributed by atoms with Gasteiger partial charge in [0.1, 0.15) is 17.5 Å². The number of carbonyl (C=O) groups excluding carboxylic acids is 1. The normalized spacial score (nSPS) is 11.5. The number of hydrogen-bond acceptors (Lipinski definition) is 3. The average Bonchev–Trinajstić information content (AvgIpc) is 2.71. The summed E-state index contributed by atoms with van der Waals surface area (Å²) in [5.41, 5.74) is 1.20. The Hall–Kier alpha value is -3.12. The lowest BCUT2D eigenvalue weighted by Crippen LogP contribution is -2.42. The van der Waals surface area contributed by atoms with E-state index < -0.39 is 17.9 Å². The first-order valence-electron chi connectivity index (χ1n) is 8.63. The van der Waals surface area contributed by atoms with E-state index in [1.165, 1.54) is 0 Å². The van der Waals surface area contributed by atoms with Crippen molar-refractivity contribution in [1.82, 2.24) is 5.32 Å². The maximum atomic E-state index is 12.2. The largest absolute Gasteiger partial charge is 0.480 e. The van der Waals surface area contributed by atoms with E-state index in [2.05, 4.69) is 21.2 Å². The Morgan fingerprint density at radius 2 is 1.57 bits per heavy atom. The summed E-state index contributed by atoms with van der Waals surface area (Å²) < 4.78 is 6.65. The molecule has 3 aromatic carbocycles. The van der Waals surface area contributed by atoms with E-state index in [9.17, 15) is 14.7 Å². The third-order valence-electron chi connectivity index (χ3n) is 4.07. The molecule has 3 aromatic rings. The van der Waals surface area contributed by atoms with E-state index in [1.807, 2.05) is 24.3 Å². The predicted molar refractivity (Wildman–Crippen MR) is 110 cm³/mol. The predicted octanol–water partition coefficient (Wildman–Crippen LogP) is 4.67. The summed E-state index contributed by atoms with van der Waals surface area (Å²) in [4.78, 5) is 23.8. The lowest BCUT2D eigenvalue weighted by atomic mass is 10.1. The molecule has 2 N–H and O–H groups in total. The third-order valence-corrected chi connectivity index (χ3v) is 4.72. The molecule has 0 spiro atoms. The van der Waals surface area contributed by atoms with Crippen LogP contribution in [0.1, 0.15) is 15.9 Å². The van der Waals surface area contributed by atoms with Crippen molar-refractivity contribution in [3.05, 3.63) is 94.5 Å². The van der Waals surface area contributed by atoms with Gasteiger partial charge < -0.3 is 15.2 Å². The molecular formula is C22H18BrNO4. The average molecular weight is 440 g/mol. The Bertz CT molecular complexity index is 958. The standard InChI is InChI=1S/C22H18BrNO4/c23-18-8-4-5-9-20(18)28-17-12-10-15(11-13-17)14-19(22(26)27)24-21(25)16-6-2-1-3-7-16/h1-13,19H,14H2,(H,24,25)(H,26,27)/t19-/m0/s1. The number of benzene rings is 3. The minimum absolute atomic E-state index is 0.170. The maximum absolute atomic E-state index is 12.2. The summed E-state index contributed by atoms with van der Waals surface area (Å²) in [5.74, 6) is -0.177. The monoisotopic (exact) mass is 439 g/mol. The van der Waals surface area contributed by atoms with Crippen LogP contribution < -0.4 is 10.1 Å². The summed E-state index contributed by atoms with van der Waals surface area (Å²) in [6, 6.07) is 22.1. The molecule has 0 aliphatic heterocycles. The van der Waals surface area contributed by atoms with E-state index >= 15 is 0 Å². The van der Waals surface area contributed by atoms with E-state index in [4.69, 9.17) is 4.74 Å². The van der Waals surface area contributed by atoms with Crippen molar-refractivity contribution in [2.75, 3.05) is 0 Å². The molecule has 0 aliphatic rings. The SMILES string of the molecule is O=C(N[C@@H](Cc1ccc(Oc2ccccc2Br)cc1)C(=O)O)c1ccccc1.